The zero-order valence-electron chi connectivity index (χ0n) is 23.8. The number of nitrogens with zero attached hydrogens (tertiary/aromatic N) is 2. The summed E-state index contributed by atoms with van der Waals surface area (Å²) >= 11 is 6.08. The summed E-state index contributed by atoms with van der Waals surface area (Å²) in [7, 11) is -4.10. The maximum atomic E-state index is 14.1. The number of hydrogen-bond donors (Lipinski definition) is 1. The lowest BCUT2D eigenvalue weighted by atomic mass is 9.95. The molecule has 3 aromatic rings. The summed E-state index contributed by atoms with van der Waals surface area (Å²) in [6, 6.07) is 19.9. The first-order chi connectivity index (χ1) is 19.5. The Labute approximate surface area is 248 Å². The van der Waals surface area contributed by atoms with Gasteiger partial charge in [0.1, 0.15) is 12.6 Å². The molecule has 1 aliphatic carbocycles. The van der Waals surface area contributed by atoms with E-state index in [1.54, 1.807) is 61.5 Å². The number of aryl methyl sites for hydroxylation is 2. The SMILES string of the molecule is Cc1cc(C)cc(N(CC(=O)N(Cc2ccc(Cl)cc2)[C@H](C)C(=O)NC2CCCCC2)S(=O)(=O)c2ccccc2)c1. The van der Waals surface area contributed by atoms with Gasteiger partial charge in [0.2, 0.25) is 11.8 Å². The maximum Gasteiger partial charge on any atom is 0.264 e. The standard InChI is InChI=1S/C32H38ClN3O4S/c1-23-18-24(2)20-29(19-23)36(41(39,40)30-12-8-5-9-13-30)22-31(37)35(21-26-14-16-27(33)17-15-26)25(3)32(38)34-28-10-6-4-7-11-28/h5,8-9,12-20,25,28H,4,6-7,10-11,21-22H2,1-3H3,(H,34,38)/t25-/m1/s1. The first-order valence-corrected chi connectivity index (χ1v) is 15.9. The Morgan fingerprint density at radius 1 is 0.927 bits per heavy atom. The predicted molar refractivity (Wildman–Crippen MR) is 163 cm³/mol. The molecule has 9 heteroatoms. The summed E-state index contributed by atoms with van der Waals surface area (Å²) in [5.74, 6) is -0.729. The molecule has 1 atom stereocenters. The largest absolute Gasteiger partial charge is 0.352 e. The summed E-state index contributed by atoms with van der Waals surface area (Å²) in [6.45, 7) is 5.13. The molecule has 3 aromatic carbocycles. The minimum Gasteiger partial charge on any atom is -0.352 e. The third-order valence-electron chi connectivity index (χ3n) is 7.49. The van der Waals surface area contributed by atoms with Crippen LogP contribution >= 0.6 is 11.6 Å². The van der Waals surface area contributed by atoms with E-state index < -0.39 is 28.5 Å². The Kier molecular flexibility index (Phi) is 10.1. The van der Waals surface area contributed by atoms with Crippen molar-refractivity contribution in [3.63, 3.8) is 0 Å². The molecule has 1 N–H and O–H groups in total. The average Bonchev–Trinajstić information content (AvgIpc) is 2.95. The molecule has 0 unspecified atom stereocenters. The minimum absolute atomic E-state index is 0.0800. The quantitative estimate of drug-likeness (QED) is 0.311. The third kappa shape index (κ3) is 7.89. The van der Waals surface area contributed by atoms with E-state index in [4.69, 9.17) is 11.6 Å². The van der Waals surface area contributed by atoms with Crippen LogP contribution in [0.15, 0.2) is 77.7 Å². The van der Waals surface area contributed by atoms with Gasteiger partial charge in [-0.15, -0.1) is 0 Å². The summed E-state index contributed by atoms with van der Waals surface area (Å²) in [5, 5.41) is 3.68. The number of amides is 2. The van der Waals surface area contributed by atoms with Crippen molar-refractivity contribution in [1.29, 1.82) is 0 Å². The second-order valence-electron chi connectivity index (χ2n) is 10.8. The van der Waals surface area contributed by atoms with E-state index in [9.17, 15) is 18.0 Å². The minimum atomic E-state index is -4.10. The van der Waals surface area contributed by atoms with Crippen LogP contribution in [-0.2, 0) is 26.2 Å². The van der Waals surface area contributed by atoms with Gasteiger partial charge in [0.25, 0.3) is 10.0 Å². The molecule has 0 radical (unpaired) electrons. The van der Waals surface area contributed by atoms with E-state index in [2.05, 4.69) is 5.32 Å². The molecule has 0 bridgehead atoms. The van der Waals surface area contributed by atoms with E-state index in [1.165, 1.54) is 17.0 Å². The zero-order chi connectivity index (χ0) is 29.6. The zero-order valence-corrected chi connectivity index (χ0v) is 25.4. The molecule has 0 heterocycles. The lowest BCUT2D eigenvalue weighted by Gasteiger charge is -2.33. The van der Waals surface area contributed by atoms with E-state index in [-0.39, 0.29) is 23.4 Å². The van der Waals surface area contributed by atoms with Crippen LogP contribution in [0.25, 0.3) is 0 Å². The lowest BCUT2D eigenvalue weighted by Crippen LogP contribution is -2.53. The van der Waals surface area contributed by atoms with Crippen LogP contribution in [0.3, 0.4) is 0 Å². The van der Waals surface area contributed by atoms with Crippen LogP contribution in [0, 0.1) is 13.8 Å². The summed E-state index contributed by atoms with van der Waals surface area (Å²) in [6.07, 6.45) is 5.12. The highest BCUT2D eigenvalue weighted by Gasteiger charge is 2.33. The molecule has 0 aromatic heterocycles. The molecule has 1 saturated carbocycles. The van der Waals surface area contributed by atoms with E-state index >= 15 is 0 Å². The van der Waals surface area contributed by atoms with Gasteiger partial charge in [0, 0.05) is 17.6 Å². The molecular weight excluding hydrogens is 558 g/mol. The van der Waals surface area contributed by atoms with E-state index in [0.717, 1.165) is 53.1 Å². The molecule has 218 valence electrons. The molecule has 41 heavy (non-hydrogen) atoms. The van der Waals surface area contributed by atoms with Crippen molar-refractivity contribution in [2.24, 2.45) is 0 Å². The van der Waals surface area contributed by atoms with Gasteiger partial charge in [-0.05, 0) is 86.7 Å². The maximum absolute atomic E-state index is 14.1. The van der Waals surface area contributed by atoms with Crippen LogP contribution in [0.2, 0.25) is 5.02 Å². The summed E-state index contributed by atoms with van der Waals surface area (Å²) < 4.78 is 29.0. The average molecular weight is 596 g/mol. The van der Waals surface area contributed by atoms with Gasteiger partial charge in [0.05, 0.1) is 10.6 Å². The Bertz CT molecular complexity index is 1440. The molecule has 4 rings (SSSR count). The summed E-state index contributed by atoms with van der Waals surface area (Å²) in [4.78, 5) is 29.0. The highest BCUT2D eigenvalue weighted by Crippen LogP contribution is 2.27. The number of rotatable bonds is 10. The highest BCUT2D eigenvalue weighted by atomic mass is 35.5. The number of carbonyl (C=O) groups excluding carboxylic acids is 2. The number of anilines is 1. The van der Waals surface area contributed by atoms with Crippen molar-refractivity contribution in [2.45, 2.75) is 76.4 Å². The molecule has 0 spiro atoms. The highest BCUT2D eigenvalue weighted by molar-refractivity contribution is 7.92. The van der Waals surface area contributed by atoms with Crippen LogP contribution in [0.4, 0.5) is 5.69 Å². The molecule has 2 amide bonds. The smallest absolute Gasteiger partial charge is 0.264 e. The topological polar surface area (TPSA) is 86.8 Å². The van der Waals surface area contributed by atoms with E-state index in [0.29, 0.717) is 10.7 Å². The van der Waals surface area contributed by atoms with Crippen LogP contribution in [0.5, 0.6) is 0 Å². The van der Waals surface area contributed by atoms with Gasteiger partial charge >= 0.3 is 0 Å². The number of sulfonamides is 1. The molecular formula is C32H38ClN3O4S. The summed E-state index contributed by atoms with van der Waals surface area (Å²) in [5.41, 5.74) is 2.92. The van der Waals surface area contributed by atoms with Crippen molar-refractivity contribution in [1.82, 2.24) is 10.2 Å². The van der Waals surface area contributed by atoms with Gasteiger partial charge < -0.3 is 10.2 Å². The molecule has 7 nitrogen and oxygen atoms in total. The number of nitrogens with one attached hydrogen (secondary N) is 1. The van der Waals surface area contributed by atoms with Crippen molar-refractivity contribution in [2.75, 3.05) is 10.8 Å². The van der Waals surface area contributed by atoms with Gasteiger partial charge in [0.15, 0.2) is 0 Å². The fourth-order valence-electron chi connectivity index (χ4n) is 5.28. The second-order valence-corrected chi connectivity index (χ2v) is 13.1. The molecule has 0 aliphatic heterocycles. The van der Waals surface area contributed by atoms with Gasteiger partial charge in [-0.3, -0.25) is 13.9 Å². The number of carbonyl (C=O) groups is 2. The lowest BCUT2D eigenvalue weighted by molar-refractivity contribution is -0.139. The Morgan fingerprint density at radius 2 is 1.54 bits per heavy atom. The predicted octanol–water partition coefficient (Wildman–Crippen LogP) is 6.02. The van der Waals surface area contributed by atoms with E-state index in [1.807, 2.05) is 19.9 Å². The van der Waals surface area contributed by atoms with Crippen molar-refractivity contribution < 1.29 is 18.0 Å². The fraction of sp³-hybridized carbons (Fsp3) is 0.375. The third-order valence-corrected chi connectivity index (χ3v) is 9.53. The van der Waals surface area contributed by atoms with Gasteiger partial charge in [-0.1, -0.05) is 67.3 Å². The van der Waals surface area contributed by atoms with Crippen LogP contribution in [-0.4, -0.2) is 43.8 Å². The van der Waals surface area contributed by atoms with Gasteiger partial charge in [-0.2, -0.15) is 0 Å². The number of benzene rings is 3. The van der Waals surface area contributed by atoms with Crippen LogP contribution < -0.4 is 9.62 Å². The monoisotopic (exact) mass is 595 g/mol. The Balaban J connectivity index is 1.68. The van der Waals surface area contributed by atoms with Crippen molar-refractivity contribution >= 4 is 39.1 Å². The van der Waals surface area contributed by atoms with Crippen molar-refractivity contribution in [3.8, 4) is 0 Å². The second kappa shape index (κ2) is 13.5. The van der Waals surface area contributed by atoms with Crippen molar-refractivity contribution in [3.05, 3.63) is 94.5 Å². The normalized spacial score (nSPS) is 14.7. The molecule has 0 saturated heterocycles. The Morgan fingerprint density at radius 3 is 2.15 bits per heavy atom. The number of hydrogen-bond acceptors (Lipinski definition) is 4. The Hall–Kier alpha value is -3.36. The molecule has 1 fully saturated rings. The fourth-order valence-corrected chi connectivity index (χ4v) is 6.83. The first-order valence-electron chi connectivity index (χ1n) is 14.0. The van der Waals surface area contributed by atoms with Gasteiger partial charge in [-0.25, -0.2) is 8.42 Å². The number of halogens is 1. The molecule has 1 aliphatic rings. The van der Waals surface area contributed by atoms with Crippen LogP contribution in [0.1, 0.15) is 55.7 Å². The first kappa shape index (κ1) is 30.6.